The summed E-state index contributed by atoms with van der Waals surface area (Å²) in [6, 6.07) is 9.37. The quantitative estimate of drug-likeness (QED) is 0.672. The predicted octanol–water partition coefficient (Wildman–Crippen LogP) is 4.85. The minimum absolute atomic E-state index is 0.453. The number of allylic oxidation sites excluding steroid dienone is 2. The smallest absolute Gasteiger partial charge is 0.0899 e. The van der Waals surface area contributed by atoms with Gasteiger partial charge in [0, 0.05) is 0 Å². The van der Waals surface area contributed by atoms with Crippen LogP contribution in [-0.2, 0) is 4.33 Å². The molecule has 0 heterocycles. The van der Waals surface area contributed by atoms with Gasteiger partial charge in [0.05, 0.1) is 5.03 Å². The van der Waals surface area contributed by atoms with Crippen LogP contribution in [0.15, 0.2) is 41.4 Å². The predicted molar refractivity (Wildman–Crippen MR) is 64.1 cm³/mol. The lowest BCUT2D eigenvalue weighted by Gasteiger charge is -2.19. The van der Waals surface area contributed by atoms with E-state index < -0.39 is 4.33 Å². The van der Waals surface area contributed by atoms with Crippen molar-refractivity contribution in [1.82, 2.24) is 0 Å². The molecule has 0 fully saturated rings. The Balaban J connectivity index is 3.02. The van der Waals surface area contributed by atoms with Crippen LogP contribution >= 0.6 is 34.8 Å². The highest BCUT2D eigenvalue weighted by Gasteiger charge is 2.29. The largest absolute Gasteiger partial charge is 0.178 e. The number of benzene rings is 1. The van der Waals surface area contributed by atoms with E-state index in [-0.39, 0.29) is 0 Å². The summed E-state index contributed by atoms with van der Waals surface area (Å²) in [5.74, 6) is 0. The molecule has 0 radical (unpaired) electrons. The Hall–Kier alpha value is -0.170. The number of hydrogen-bond acceptors (Lipinski definition) is 0. The standard InChI is InChI=1S/C11H11Cl3/c1-2-6-10(12)11(13,14)9-7-4-3-5-8-9/h3-8H,2H2,1H3/b10-6-. The highest BCUT2D eigenvalue weighted by atomic mass is 35.5. The second-order valence-electron chi connectivity index (χ2n) is 2.90. The highest BCUT2D eigenvalue weighted by Crippen LogP contribution is 2.42. The van der Waals surface area contributed by atoms with Gasteiger partial charge < -0.3 is 0 Å². The van der Waals surface area contributed by atoms with Crippen LogP contribution in [-0.4, -0.2) is 0 Å². The molecule has 3 heteroatoms. The first-order valence-electron chi connectivity index (χ1n) is 4.38. The average molecular weight is 250 g/mol. The monoisotopic (exact) mass is 248 g/mol. The molecule has 0 unspecified atom stereocenters. The van der Waals surface area contributed by atoms with Gasteiger partial charge in [-0.2, -0.15) is 0 Å². The minimum Gasteiger partial charge on any atom is -0.0899 e. The van der Waals surface area contributed by atoms with E-state index >= 15 is 0 Å². The van der Waals surface area contributed by atoms with Crippen molar-refractivity contribution < 1.29 is 0 Å². The number of halogens is 3. The number of alkyl halides is 2. The molecular formula is C11H11Cl3. The van der Waals surface area contributed by atoms with Crippen molar-refractivity contribution in [2.75, 3.05) is 0 Å². The van der Waals surface area contributed by atoms with Gasteiger partial charge in [-0.15, -0.1) is 0 Å². The van der Waals surface area contributed by atoms with Crippen LogP contribution in [0, 0.1) is 0 Å². The lowest BCUT2D eigenvalue weighted by Crippen LogP contribution is -2.10. The van der Waals surface area contributed by atoms with Gasteiger partial charge in [0.25, 0.3) is 0 Å². The normalized spacial score (nSPS) is 13.0. The molecule has 0 aliphatic heterocycles. The fourth-order valence-electron chi connectivity index (χ4n) is 1.09. The first kappa shape index (κ1) is 11.9. The molecule has 0 aliphatic rings. The van der Waals surface area contributed by atoms with Gasteiger partial charge in [0.2, 0.25) is 0 Å². The molecular weight excluding hydrogens is 238 g/mol. The summed E-state index contributed by atoms with van der Waals surface area (Å²) in [5.41, 5.74) is 0.790. The molecule has 0 spiro atoms. The molecule has 0 saturated carbocycles. The van der Waals surface area contributed by atoms with E-state index in [9.17, 15) is 0 Å². The topological polar surface area (TPSA) is 0 Å². The van der Waals surface area contributed by atoms with E-state index in [1.54, 1.807) is 0 Å². The van der Waals surface area contributed by atoms with Crippen molar-refractivity contribution in [2.24, 2.45) is 0 Å². The number of hydrogen-bond donors (Lipinski definition) is 0. The van der Waals surface area contributed by atoms with Crippen molar-refractivity contribution in [3.05, 3.63) is 47.0 Å². The molecule has 0 aliphatic carbocycles. The van der Waals surface area contributed by atoms with Gasteiger partial charge in [-0.25, -0.2) is 0 Å². The average Bonchev–Trinajstić information content (AvgIpc) is 2.19. The fourth-order valence-corrected chi connectivity index (χ4v) is 1.76. The first-order valence-corrected chi connectivity index (χ1v) is 5.52. The SMILES string of the molecule is CC/C=C(\Cl)C(Cl)(Cl)c1ccccc1. The highest BCUT2D eigenvalue weighted by molar-refractivity contribution is 6.55. The maximum absolute atomic E-state index is 6.16. The lowest BCUT2D eigenvalue weighted by molar-refractivity contribution is 1.05. The third kappa shape index (κ3) is 2.66. The van der Waals surface area contributed by atoms with Gasteiger partial charge in [-0.05, 0) is 12.0 Å². The zero-order chi connectivity index (χ0) is 10.6. The summed E-state index contributed by atoms with van der Waals surface area (Å²) in [7, 11) is 0. The molecule has 0 bridgehead atoms. The zero-order valence-corrected chi connectivity index (χ0v) is 10.1. The molecule has 14 heavy (non-hydrogen) atoms. The van der Waals surface area contributed by atoms with E-state index in [1.807, 2.05) is 43.3 Å². The van der Waals surface area contributed by atoms with Gasteiger partial charge in [-0.1, -0.05) is 78.1 Å². The van der Waals surface area contributed by atoms with E-state index in [2.05, 4.69) is 0 Å². The van der Waals surface area contributed by atoms with Crippen LogP contribution in [0.2, 0.25) is 0 Å². The molecule has 76 valence electrons. The Bertz CT molecular complexity index is 315. The van der Waals surface area contributed by atoms with Crippen molar-refractivity contribution in [3.63, 3.8) is 0 Å². The Morgan fingerprint density at radius 3 is 2.36 bits per heavy atom. The second kappa shape index (κ2) is 5.06. The Kier molecular flexibility index (Phi) is 4.31. The lowest BCUT2D eigenvalue weighted by atomic mass is 10.1. The van der Waals surface area contributed by atoms with Crippen molar-refractivity contribution in [3.8, 4) is 0 Å². The summed E-state index contributed by atoms with van der Waals surface area (Å²) < 4.78 is -1.13. The summed E-state index contributed by atoms with van der Waals surface area (Å²) in [6.07, 6.45) is 2.63. The van der Waals surface area contributed by atoms with Crippen molar-refractivity contribution >= 4 is 34.8 Å². The van der Waals surface area contributed by atoms with Gasteiger partial charge in [-0.3, -0.25) is 0 Å². The van der Waals surface area contributed by atoms with E-state index in [1.165, 1.54) is 0 Å². The Morgan fingerprint density at radius 2 is 1.86 bits per heavy atom. The molecule has 1 rings (SSSR count). The van der Waals surface area contributed by atoms with E-state index in [4.69, 9.17) is 34.8 Å². The Labute approximate surface area is 99.5 Å². The maximum atomic E-state index is 6.16. The van der Waals surface area contributed by atoms with Gasteiger partial charge in [0.15, 0.2) is 4.33 Å². The molecule has 0 N–H and O–H groups in total. The van der Waals surface area contributed by atoms with Crippen LogP contribution in [0.1, 0.15) is 18.9 Å². The van der Waals surface area contributed by atoms with Crippen molar-refractivity contribution in [1.29, 1.82) is 0 Å². The fraction of sp³-hybridized carbons (Fsp3) is 0.273. The maximum Gasteiger partial charge on any atom is 0.178 e. The third-order valence-electron chi connectivity index (χ3n) is 1.82. The zero-order valence-electron chi connectivity index (χ0n) is 7.81. The van der Waals surface area contributed by atoms with Crippen LogP contribution in [0.25, 0.3) is 0 Å². The molecule has 0 amide bonds. The van der Waals surface area contributed by atoms with Crippen LogP contribution in [0.3, 0.4) is 0 Å². The van der Waals surface area contributed by atoms with Gasteiger partial charge in [0.1, 0.15) is 0 Å². The van der Waals surface area contributed by atoms with E-state index in [0.29, 0.717) is 5.03 Å². The van der Waals surface area contributed by atoms with Crippen LogP contribution in [0.5, 0.6) is 0 Å². The first-order chi connectivity index (χ1) is 6.59. The summed E-state index contributed by atoms with van der Waals surface area (Å²) >= 11 is 18.3. The molecule has 0 saturated heterocycles. The van der Waals surface area contributed by atoms with Crippen molar-refractivity contribution in [2.45, 2.75) is 17.7 Å². The molecule has 1 aromatic rings. The second-order valence-corrected chi connectivity index (χ2v) is 4.64. The summed E-state index contributed by atoms with van der Waals surface area (Å²) in [6.45, 7) is 1.98. The van der Waals surface area contributed by atoms with Gasteiger partial charge >= 0.3 is 0 Å². The summed E-state index contributed by atoms with van der Waals surface area (Å²) in [5, 5.41) is 0.453. The minimum atomic E-state index is -1.13. The molecule has 0 atom stereocenters. The van der Waals surface area contributed by atoms with Crippen LogP contribution < -0.4 is 0 Å². The molecule has 0 aromatic heterocycles. The molecule has 1 aromatic carbocycles. The third-order valence-corrected chi connectivity index (χ3v) is 3.29. The van der Waals surface area contributed by atoms with E-state index in [0.717, 1.165) is 12.0 Å². The van der Waals surface area contributed by atoms with Crippen LogP contribution in [0.4, 0.5) is 0 Å². The summed E-state index contributed by atoms with van der Waals surface area (Å²) in [4.78, 5) is 0. The number of rotatable bonds is 3. The molecule has 0 nitrogen and oxygen atoms in total. The Morgan fingerprint density at radius 1 is 1.29 bits per heavy atom.